The van der Waals surface area contributed by atoms with Crippen LogP contribution in [0.1, 0.15) is 34.0 Å². The van der Waals surface area contributed by atoms with Crippen molar-refractivity contribution >= 4 is 17.2 Å². The van der Waals surface area contributed by atoms with E-state index < -0.39 is 0 Å². The summed E-state index contributed by atoms with van der Waals surface area (Å²) >= 11 is 1.49. The largest absolute Gasteiger partial charge is 0.322 e. The summed E-state index contributed by atoms with van der Waals surface area (Å²) in [5.74, 6) is -0.0437. The molecule has 3 nitrogen and oxygen atoms in total. The predicted octanol–water partition coefficient (Wildman–Crippen LogP) is 2.74. The van der Waals surface area contributed by atoms with Gasteiger partial charge in [-0.1, -0.05) is 0 Å². The average Bonchev–Trinajstić information content (AvgIpc) is 2.54. The Hall–Kier alpha value is -1.34. The number of nitrogens with zero attached hydrogens (tertiary/aromatic N) is 2. The second-order valence-corrected chi connectivity index (χ2v) is 5.29. The van der Waals surface area contributed by atoms with Gasteiger partial charge in [-0.15, -0.1) is 11.3 Å². The van der Waals surface area contributed by atoms with Crippen LogP contribution in [-0.2, 0) is 0 Å². The molecule has 1 heterocycles. The van der Waals surface area contributed by atoms with Crippen LogP contribution in [0.15, 0.2) is 6.07 Å². The monoisotopic (exact) mass is 236 g/mol. The third kappa shape index (κ3) is 2.61. The summed E-state index contributed by atoms with van der Waals surface area (Å²) in [5.41, 5.74) is 1.13. The molecular formula is C12H16N2OS. The van der Waals surface area contributed by atoms with E-state index in [0.717, 1.165) is 15.3 Å². The molecule has 0 aliphatic rings. The number of carbonyl (C=O) groups excluding carboxylic acids is 1. The van der Waals surface area contributed by atoms with Gasteiger partial charge in [-0.3, -0.25) is 4.79 Å². The third-order valence-electron chi connectivity index (χ3n) is 2.50. The van der Waals surface area contributed by atoms with Gasteiger partial charge in [0.15, 0.2) is 0 Å². The van der Waals surface area contributed by atoms with Crippen LogP contribution in [-0.4, -0.2) is 23.4 Å². The van der Waals surface area contributed by atoms with Crippen LogP contribution in [0, 0.1) is 25.2 Å². The predicted molar refractivity (Wildman–Crippen MR) is 65.6 cm³/mol. The summed E-state index contributed by atoms with van der Waals surface area (Å²) < 4.78 is 0. The van der Waals surface area contributed by atoms with E-state index in [1.807, 2.05) is 39.8 Å². The number of thiophene rings is 1. The minimum atomic E-state index is -0.0437. The summed E-state index contributed by atoms with van der Waals surface area (Å²) in [6, 6.07) is 3.98. The van der Waals surface area contributed by atoms with Crippen molar-refractivity contribution in [2.24, 2.45) is 0 Å². The van der Waals surface area contributed by atoms with E-state index in [0.29, 0.717) is 0 Å². The molecule has 0 unspecified atom stereocenters. The van der Waals surface area contributed by atoms with Crippen molar-refractivity contribution < 1.29 is 4.79 Å². The maximum atomic E-state index is 12.1. The van der Waals surface area contributed by atoms with Crippen molar-refractivity contribution in [1.29, 1.82) is 5.26 Å². The molecule has 1 aromatic heterocycles. The molecule has 1 rings (SSSR count). The molecule has 0 bridgehead atoms. The normalized spacial score (nSPS) is 10.2. The summed E-state index contributed by atoms with van der Waals surface area (Å²) in [5, 5.41) is 8.70. The van der Waals surface area contributed by atoms with Crippen molar-refractivity contribution in [3.05, 3.63) is 21.4 Å². The van der Waals surface area contributed by atoms with Gasteiger partial charge in [0.05, 0.1) is 10.9 Å². The molecule has 0 saturated carbocycles. The number of amides is 1. The zero-order valence-corrected chi connectivity index (χ0v) is 10.9. The number of hydrogen-bond donors (Lipinski definition) is 0. The fourth-order valence-corrected chi connectivity index (χ4v) is 2.38. The lowest BCUT2D eigenvalue weighted by Gasteiger charge is -2.22. The molecule has 0 aliphatic carbocycles. The van der Waals surface area contributed by atoms with E-state index in [2.05, 4.69) is 0 Å². The molecule has 0 aromatic carbocycles. The zero-order chi connectivity index (χ0) is 12.3. The highest BCUT2D eigenvalue weighted by atomic mass is 32.1. The molecule has 0 atom stereocenters. The van der Waals surface area contributed by atoms with Crippen LogP contribution in [0.25, 0.3) is 0 Å². The van der Waals surface area contributed by atoms with Crippen molar-refractivity contribution in [2.75, 3.05) is 6.54 Å². The summed E-state index contributed by atoms with van der Waals surface area (Å²) in [6.45, 7) is 7.98. The van der Waals surface area contributed by atoms with Gasteiger partial charge in [0.25, 0.3) is 5.91 Å². The Kier molecular flexibility index (Phi) is 4.08. The number of nitriles is 1. The smallest absolute Gasteiger partial charge is 0.265 e. The van der Waals surface area contributed by atoms with Crippen LogP contribution in [0.2, 0.25) is 0 Å². The number of hydrogen-bond acceptors (Lipinski definition) is 3. The van der Waals surface area contributed by atoms with E-state index in [9.17, 15) is 4.79 Å². The lowest BCUT2D eigenvalue weighted by Crippen LogP contribution is -2.36. The SMILES string of the molecule is Cc1cc(C(=O)N(CC#N)C(C)C)sc1C. The molecule has 86 valence electrons. The van der Waals surface area contributed by atoms with Crippen LogP contribution < -0.4 is 0 Å². The molecule has 1 aromatic rings. The molecule has 0 spiro atoms. The Morgan fingerprint density at radius 2 is 2.19 bits per heavy atom. The average molecular weight is 236 g/mol. The Bertz CT molecular complexity index is 409. The van der Waals surface area contributed by atoms with Gasteiger partial charge in [-0.05, 0) is 39.3 Å². The van der Waals surface area contributed by atoms with Crippen LogP contribution in [0.5, 0.6) is 0 Å². The van der Waals surface area contributed by atoms with Gasteiger partial charge in [0.2, 0.25) is 0 Å². The first-order valence-electron chi connectivity index (χ1n) is 5.22. The Morgan fingerprint density at radius 3 is 2.56 bits per heavy atom. The molecule has 16 heavy (non-hydrogen) atoms. The van der Waals surface area contributed by atoms with E-state index in [4.69, 9.17) is 5.26 Å². The van der Waals surface area contributed by atoms with Gasteiger partial charge in [0.1, 0.15) is 6.54 Å². The van der Waals surface area contributed by atoms with E-state index >= 15 is 0 Å². The molecule has 1 amide bonds. The van der Waals surface area contributed by atoms with E-state index in [1.165, 1.54) is 11.3 Å². The molecule has 0 radical (unpaired) electrons. The molecule has 0 saturated heterocycles. The quantitative estimate of drug-likeness (QED) is 0.757. The number of rotatable bonds is 3. The van der Waals surface area contributed by atoms with Gasteiger partial charge >= 0.3 is 0 Å². The fourth-order valence-electron chi connectivity index (χ4n) is 1.39. The summed E-state index contributed by atoms with van der Waals surface area (Å²) in [6.07, 6.45) is 0. The van der Waals surface area contributed by atoms with E-state index in [1.54, 1.807) is 4.90 Å². The van der Waals surface area contributed by atoms with Gasteiger partial charge in [-0.2, -0.15) is 5.26 Å². The maximum Gasteiger partial charge on any atom is 0.265 e. The van der Waals surface area contributed by atoms with Crippen LogP contribution in [0.3, 0.4) is 0 Å². The van der Waals surface area contributed by atoms with Gasteiger partial charge in [-0.25, -0.2) is 0 Å². The minimum absolute atomic E-state index is 0.0437. The van der Waals surface area contributed by atoms with Crippen molar-refractivity contribution in [2.45, 2.75) is 33.7 Å². The molecule has 4 heteroatoms. The van der Waals surface area contributed by atoms with Gasteiger partial charge < -0.3 is 4.90 Å². The Labute approximate surface area is 100 Å². The Morgan fingerprint density at radius 1 is 1.56 bits per heavy atom. The lowest BCUT2D eigenvalue weighted by molar-refractivity contribution is 0.0736. The molecule has 0 fully saturated rings. The first-order chi connectivity index (χ1) is 7.47. The summed E-state index contributed by atoms with van der Waals surface area (Å²) in [4.78, 5) is 15.6. The first kappa shape index (κ1) is 12.7. The highest BCUT2D eigenvalue weighted by molar-refractivity contribution is 7.14. The molecule has 0 aliphatic heterocycles. The molecule has 0 N–H and O–H groups in total. The topological polar surface area (TPSA) is 44.1 Å². The van der Waals surface area contributed by atoms with Crippen molar-refractivity contribution in [3.63, 3.8) is 0 Å². The van der Waals surface area contributed by atoms with Crippen LogP contribution >= 0.6 is 11.3 Å². The van der Waals surface area contributed by atoms with E-state index in [-0.39, 0.29) is 18.5 Å². The fraction of sp³-hybridized carbons (Fsp3) is 0.500. The third-order valence-corrected chi connectivity index (χ3v) is 3.64. The minimum Gasteiger partial charge on any atom is -0.322 e. The highest BCUT2D eigenvalue weighted by Crippen LogP contribution is 2.22. The highest BCUT2D eigenvalue weighted by Gasteiger charge is 2.20. The molecular weight excluding hydrogens is 220 g/mol. The standard InChI is InChI=1S/C12H16N2OS/c1-8(2)14(6-5-13)12(15)11-7-9(3)10(4)16-11/h7-8H,6H2,1-4H3. The second kappa shape index (κ2) is 5.13. The number of carbonyl (C=O) groups is 1. The van der Waals surface area contributed by atoms with Crippen LogP contribution in [0.4, 0.5) is 0 Å². The van der Waals surface area contributed by atoms with Gasteiger partial charge in [0, 0.05) is 10.9 Å². The second-order valence-electron chi connectivity index (χ2n) is 4.03. The van der Waals surface area contributed by atoms with Crippen molar-refractivity contribution in [3.8, 4) is 6.07 Å². The lowest BCUT2D eigenvalue weighted by atomic mass is 10.2. The first-order valence-corrected chi connectivity index (χ1v) is 6.04. The maximum absolute atomic E-state index is 12.1. The van der Waals surface area contributed by atoms with Crippen molar-refractivity contribution in [1.82, 2.24) is 4.90 Å². The summed E-state index contributed by atoms with van der Waals surface area (Å²) in [7, 11) is 0. The zero-order valence-electron chi connectivity index (χ0n) is 10.1. The Balaban J connectivity index is 2.95. The number of aryl methyl sites for hydroxylation is 2.